The Kier molecular flexibility index (Phi) is 5.40. The molecule has 0 aromatic heterocycles. The Morgan fingerprint density at radius 2 is 1.83 bits per heavy atom. The zero-order valence-electron chi connectivity index (χ0n) is 14.0. The van der Waals surface area contributed by atoms with Gasteiger partial charge in [0.15, 0.2) is 0 Å². The van der Waals surface area contributed by atoms with Crippen molar-refractivity contribution in [1.82, 2.24) is 4.90 Å². The molecule has 0 aliphatic heterocycles. The van der Waals surface area contributed by atoms with E-state index in [0.717, 1.165) is 22.4 Å². The molecule has 1 amide bonds. The molecule has 1 N–H and O–H groups in total. The van der Waals surface area contributed by atoms with E-state index in [9.17, 15) is 9.90 Å². The Hall–Kier alpha value is -2.33. The lowest BCUT2D eigenvalue weighted by atomic mass is 10.0. The van der Waals surface area contributed by atoms with Crippen LogP contribution in [-0.2, 0) is 0 Å². The molecule has 0 saturated heterocycles. The summed E-state index contributed by atoms with van der Waals surface area (Å²) in [7, 11) is 3.32. The van der Waals surface area contributed by atoms with Crippen molar-refractivity contribution in [3.8, 4) is 5.75 Å². The lowest BCUT2D eigenvalue weighted by molar-refractivity contribution is 0.0657. The van der Waals surface area contributed by atoms with Gasteiger partial charge >= 0.3 is 0 Å². The van der Waals surface area contributed by atoms with Crippen molar-refractivity contribution in [3.63, 3.8) is 0 Å². The lowest BCUT2D eigenvalue weighted by Crippen LogP contribution is -2.33. The van der Waals surface area contributed by atoms with Crippen molar-refractivity contribution in [1.29, 1.82) is 0 Å². The summed E-state index contributed by atoms with van der Waals surface area (Å²) in [6.45, 7) is 3.74. The molecular weight excluding hydrogens is 290 g/mol. The van der Waals surface area contributed by atoms with Gasteiger partial charge in [0.1, 0.15) is 5.75 Å². The first-order chi connectivity index (χ1) is 11.0. The fourth-order valence-electron chi connectivity index (χ4n) is 2.58. The predicted octanol–water partition coefficient (Wildman–Crippen LogP) is 3.12. The first kappa shape index (κ1) is 17.0. The molecule has 1 unspecified atom stereocenters. The average molecular weight is 313 g/mol. The van der Waals surface area contributed by atoms with E-state index in [1.54, 1.807) is 19.1 Å². The summed E-state index contributed by atoms with van der Waals surface area (Å²) in [5, 5.41) is 9.77. The quantitative estimate of drug-likeness (QED) is 0.922. The van der Waals surface area contributed by atoms with E-state index >= 15 is 0 Å². The first-order valence-corrected chi connectivity index (χ1v) is 7.57. The third kappa shape index (κ3) is 3.71. The highest BCUT2D eigenvalue weighted by atomic mass is 16.5. The van der Waals surface area contributed by atoms with Crippen molar-refractivity contribution in [2.45, 2.75) is 19.9 Å². The summed E-state index contributed by atoms with van der Waals surface area (Å²) in [6.07, 6.45) is 0. The standard InChI is InChI=1S/C19H23NO3/c1-13-5-6-14(2)17(11-13)19(22)20(3)18(12-21)15-7-9-16(23-4)10-8-15/h5-11,18,21H,12H2,1-4H3. The van der Waals surface area contributed by atoms with Gasteiger partial charge in [0, 0.05) is 12.6 Å². The minimum Gasteiger partial charge on any atom is -0.497 e. The number of ether oxygens (including phenoxy) is 1. The predicted molar refractivity (Wildman–Crippen MR) is 90.8 cm³/mol. The Morgan fingerprint density at radius 3 is 2.39 bits per heavy atom. The molecule has 0 fully saturated rings. The molecule has 0 saturated carbocycles. The normalized spacial score (nSPS) is 11.9. The second kappa shape index (κ2) is 7.29. The van der Waals surface area contributed by atoms with Gasteiger partial charge in [-0.2, -0.15) is 0 Å². The van der Waals surface area contributed by atoms with Gasteiger partial charge in [-0.25, -0.2) is 0 Å². The van der Waals surface area contributed by atoms with Crippen molar-refractivity contribution in [2.75, 3.05) is 20.8 Å². The van der Waals surface area contributed by atoms with Crippen LogP contribution < -0.4 is 4.74 Å². The number of likely N-dealkylation sites (N-methyl/N-ethyl adjacent to an activating group) is 1. The first-order valence-electron chi connectivity index (χ1n) is 7.57. The van der Waals surface area contributed by atoms with E-state index in [4.69, 9.17) is 4.74 Å². The molecule has 0 aliphatic carbocycles. The Labute approximate surface area is 137 Å². The number of aliphatic hydroxyl groups is 1. The van der Waals surface area contributed by atoms with Gasteiger partial charge in [-0.3, -0.25) is 4.79 Å². The highest BCUT2D eigenvalue weighted by Crippen LogP contribution is 2.24. The number of hydrogen-bond donors (Lipinski definition) is 1. The van der Waals surface area contributed by atoms with Gasteiger partial charge in [-0.15, -0.1) is 0 Å². The molecule has 2 aromatic rings. The van der Waals surface area contributed by atoms with E-state index < -0.39 is 6.04 Å². The molecule has 0 spiro atoms. The van der Waals surface area contributed by atoms with Crippen LogP contribution in [0, 0.1) is 13.8 Å². The number of rotatable bonds is 5. The maximum atomic E-state index is 12.8. The lowest BCUT2D eigenvalue weighted by Gasteiger charge is -2.28. The van der Waals surface area contributed by atoms with Crippen LogP contribution in [0.25, 0.3) is 0 Å². The van der Waals surface area contributed by atoms with Crippen LogP contribution in [0.15, 0.2) is 42.5 Å². The number of aliphatic hydroxyl groups excluding tert-OH is 1. The number of benzene rings is 2. The van der Waals surface area contributed by atoms with E-state index in [1.807, 2.05) is 56.3 Å². The van der Waals surface area contributed by atoms with Gasteiger partial charge in [-0.05, 0) is 43.2 Å². The van der Waals surface area contributed by atoms with E-state index in [0.29, 0.717) is 5.56 Å². The smallest absolute Gasteiger partial charge is 0.254 e. The number of aryl methyl sites for hydroxylation is 2. The fourth-order valence-corrected chi connectivity index (χ4v) is 2.58. The molecule has 0 radical (unpaired) electrons. The third-order valence-electron chi connectivity index (χ3n) is 4.08. The molecule has 2 rings (SSSR count). The number of nitrogens with zero attached hydrogens (tertiary/aromatic N) is 1. The Balaban J connectivity index is 2.29. The van der Waals surface area contributed by atoms with Crippen LogP contribution in [-0.4, -0.2) is 36.7 Å². The van der Waals surface area contributed by atoms with Crippen molar-refractivity contribution in [2.24, 2.45) is 0 Å². The van der Waals surface area contributed by atoms with Crippen LogP contribution in [0.5, 0.6) is 5.75 Å². The molecule has 0 bridgehead atoms. The summed E-state index contributed by atoms with van der Waals surface area (Å²) < 4.78 is 5.15. The second-order valence-corrected chi connectivity index (χ2v) is 5.71. The largest absolute Gasteiger partial charge is 0.497 e. The molecule has 2 aromatic carbocycles. The van der Waals surface area contributed by atoms with Gasteiger partial charge < -0.3 is 14.7 Å². The maximum absolute atomic E-state index is 12.8. The van der Waals surface area contributed by atoms with Crippen molar-refractivity contribution >= 4 is 5.91 Å². The van der Waals surface area contributed by atoms with Gasteiger partial charge in [0.05, 0.1) is 19.8 Å². The highest BCUT2D eigenvalue weighted by molar-refractivity contribution is 5.96. The summed E-state index contributed by atoms with van der Waals surface area (Å²) in [6, 6.07) is 12.8. The van der Waals surface area contributed by atoms with Crippen LogP contribution in [0.3, 0.4) is 0 Å². The molecule has 1 atom stereocenters. The van der Waals surface area contributed by atoms with Gasteiger partial charge in [0.25, 0.3) is 5.91 Å². The van der Waals surface area contributed by atoms with Crippen LogP contribution in [0.4, 0.5) is 0 Å². The molecule has 122 valence electrons. The highest BCUT2D eigenvalue weighted by Gasteiger charge is 2.23. The summed E-state index contributed by atoms with van der Waals surface area (Å²) >= 11 is 0. The minimum absolute atomic E-state index is 0.0962. The van der Waals surface area contributed by atoms with Gasteiger partial charge in [0.2, 0.25) is 0 Å². The van der Waals surface area contributed by atoms with Crippen molar-refractivity contribution < 1.29 is 14.6 Å². The zero-order chi connectivity index (χ0) is 17.0. The third-order valence-corrected chi connectivity index (χ3v) is 4.08. The average Bonchev–Trinajstić information content (AvgIpc) is 2.57. The zero-order valence-corrected chi connectivity index (χ0v) is 14.0. The van der Waals surface area contributed by atoms with Crippen LogP contribution in [0.2, 0.25) is 0 Å². The minimum atomic E-state index is -0.395. The number of amides is 1. The molecule has 23 heavy (non-hydrogen) atoms. The molecular formula is C19H23NO3. The number of carbonyl (C=O) groups is 1. The van der Waals surface area contributed by atoms with E-state index in [1.165, 1.54) is 0 Å². The molecule has 0 heterocycles. The summed E-state index contributed by atoms with van der Waals surface area (Å²) in [5.74, 6) is 0.648. The summed E-state index contributed by atoms with van der Waals surface area (Å²) in [5.41, 5.74) is 3.50. The van der Waals surface area contributed by atoms with Crippen LogP contribution >= 0.6 is 0 Å². The SMILES string of the molecule is COc1ccc(C(CO)N(C)C(=O)c2cc(C)ccc2C)cc1. The number of carbonyl (C=O) groups excluding carboxylic acids is 1. The van der Waals surface area contributed by atoms with Gasteiger partial charge in [-0.1, -0.05) is 29.8 Å². The number of methoxy groups -OCH3 is 1. The summed E-state index contributed by atoms with van der Waals surface area (Å²) in [4.78, 5) is 14.4. The van der Waals surface area contributed by atoms with E-state index in [-0.39, 0.29) is 12.5 Å². The molecule has 4 heteroatoms. The molecule has 4 nitrogen and oxygen atoms in total. The topological polar surface area (TPSA) is 49.8 Å². The maximum Gasteiger partial charge on any atom is 0.254 e. The molecule has 0 aliphatic rings. The Morgan fingerprint density at radius 1 is 1.17 bits per heavy atom. The van der Waals surface area contributed by atoms with Crippen molar-refractivity contribution in [3.05, 3.63) is 64.7 Å². The fraction of sp³-hybridized carbons (Fsp3) is 0.316. The van der Waals surface area contributed by atoms with Crippen LogP contribution in [0.1, 0.15) is 33.1 Å². The monoisotopic (exact) mass is 313 g/mol. The second-order valence-electron chi connectivity index (χ2n) is 5.71. The Bertz CT molecular complexity index is 680. The number of hydrogen-bond acceptors (Lipinski definition) is 3. The van der Waals surface area contributed by atoms with E-state index in [2.05, 4.69) is 0 Å².